The fraction of sp³-hybridized carbons (Fsp3) is 0.522. The molecule has 2 aromatic rings. The molecule has 1 aromatic carbocycles. The summed E-state index contributed by atoms with van der Waals surface area (Å²) >= 11 is 0. The van der Waals surface area contributed by atoms with E-state index in [0.29, 0.717) is 0 Å². The summed E-state index contributed by atoms with van der Waals surface area (Å²) in [7, 11) is 0. The minimum absolute atomic E-state index is 0.750. The van der Waals surface area contributed by atoms with Crippen molar-refractivity contribution in [3.63, 3.8) is 0 Å². The van der Waals surface area contributed by atoms with Gasteiger partial charge in [0, 0.05) is 44.2 Å². The normalized spacial score (nSPS) is 14.7. The molecule has 0 bridgehead atoms. The fourth-order valence-electron chi connectivity index (χ4n) is 3.53. The van der Waals surface area contributed by atoms with Gasteiger partial charge in [-0.05, 0) is 12.8 Å². The third-order valence-electron chi connectivity index (χ3n) is 4.74. The van der Waals surface area contributed by atoms with Crippen molar-refractivity contribution in [3.8, 4) is 17.3 Å². The van der Waals surface area contributed by atoms with Crippen molar-refractivity contribution in [2.45, 2.75) is 40.5 Å². The van der Waals surface area contributed by atoms with Gasteiger partial charge in [0.25, 0.3) is 0 Å². The number of aromatic nitrogens is 2. The minimum Gasteiger partial charge on any atom is -0.378 e. The number of anilines is 2. The number of nitriles is 1. The second kappa shape index (κ2) is 12.0. The molecule has 4 rings (SSSR count). The first-order valence-electron chi connectivity index (χ1n) is 10.6. The molecule has 1 aromatic heterocycles. The van der Waals surface area contributed by atoms with Gasteiger partial charge in [0.05, 0.1) is 25.0 Å². The summed E-state index contributed by atoms with van der Waals surface area (Å²) in [6, 6.07) is 12.3. The van der Waals surface area contributed by atoms with E-state index in [2.05, 4.69) is 47.1 Å². The Balaban J connectivity index is 0.000000551. The van der Waals surface area contributed by atoms with Crippen molar-refractivity contribution in [1.82, 2.24) is 9.97 Å². The van der Waals surface area contributed by atoms with Crippen LogP contribution in [0.2, 0.25) is 0 Å². The number of morpholine rings is 1. The maximum Gasteiger partial charge on any atom is 0.228 e. The average molecular weight is 396 g/mol. The highest BCUT2D eigenvalue weighted by molar-refractivity contribution is 5.73. The van der Waals surface area contributed by atoms with Crippen LogP contribution in [0.15, 0.2) is 30.3 Å². The Labute approximate surface area is 175 Å². The van der Waals surface area contributed by atoms with Crippen molar-refractivity contribution in [3.05, 3.63) is 35.9 Å². The van der Waals surface area contributed by atoms with E-state index in [0.717, 1.165) is 69.7 Å². The van der Waals surface area contributed by atoms with Crippen molar-refractivity contribution in [2.75, 3.05) is 49.2 Å². The van der Waals surface area contributed by atoms with E-state index in [4.69, 9.17) is 20.0 Å². The van der Waals surface area contributed by atoms with Crippen LogP contribution in [-0.4, -0.2) is 49.4 Å². The van der Waals surface area contributed by atoms with E-state index in [9.17, 15) is 0 Å². The zero-order valence-electron chi connectivity index (χ0n) is 18.2. The van der Waals surface area contributed by atoms with Gasteiger partial charge in [0.15, 0.2) is 0 Å². The summed E-state index contributed by atoms with van der Waals surface area (Å²) in [6.07, 6.45) is 2.17. The molecule has 0 unspecified atom stereocenters. The molecule has 0 N–H and O–H groups in total. The zero-order chi connectivity index (χ0) is 21.1. The number of fused-ring (bicyclic) bond motifs is 1. The first-order valence-corrected chi connectivity index (χ1v) is 10.6. The van der Waals surface area contributed by atoms with Crippen LogP contribution in [0, 0.1) is 11.3 Å². The molecule has 0 aliphatic carbocycles. The van der Waals surface area contributed by atoms with Crippen LogP contribution in [0.4, 0.5) is 11.8 Å². The zero-order valence-corrected chi connectivity index (χ0v) is 18.2. The Kier molecular flexibility index (Phi) is 9.39. The number of benzene rings is 1. The second-order valence-electron chi connectivity index (χ2n) is 6.60. The SMILES string of the molecule is CC.CC#N.CCCN1CCc2c(-c3ccccc3)nc(N3CCOCC3)nc21. The highest BCUT2D eigenvalue weighted by atomic mass is 16.5. The van der Waals surface area contributed by atoms with Crippen LogP contribution in [0.25, 0.3) is 11.3 Å². The number of rotatable bonds is 4. The number of hydrogen-bond acceptors (Lipinski definition) is 6. The molecule has 1 fully saturated rings. The van der Waals surface area contributed by atoms with Gasteiger partial charge in [-0.2, -0.15) is 10.2 Å². The molecule has 0 amide bonds. The lowest BCUT2D eigenvalue weighted by Gasteiger charge is -2.28. The van der Waals surface area contributed by atoms with Crippen molar-refractivity contribution in [1.29, 1.82) is 5.26 Å². The van der Waals surface area contributed by atoms with Gasteiger partial charge >= 0.3 is 0 Å². The molecule has 6 nitrogen and oxygen atoms in total. The lowest BCUT2D eigenvalue weighted by atomic mass is 10.1. The molecule has 1 saturated heterocycles. The van der Waals surface area contributed by atoms with Gasteiger partial charge in [-0.3, -0.25) is 0 Å². The lowest BCUT2D eigenvalue weighted by Crippen LogP contribution is -2.37. The highest BCUT2D eigenvalue weighted by Gasteiger charge is 2.27. The number of hydrogen-bond donors (Lipinski definition) is 0. The number of ether oxygens (including phenoxy) is 1. The number of nitrogens with zero attached hydrogens (tertiary/aromatic N) is 5. The van der Waals surface area contributed by atoms with Gasteiger partial charge in [0.2, 0.25) is 5.95 Å². The Morgan fingerprint density at radius 3 is 2.34 bits per heavy atom. The molecule has 3 heterocycles. The summed E-state index contributed by atoms with van der Waals surface area (Å²) in [5.74, 6) is 1.98. The predicted octanol–water partition coefficient (Wildman–Crippen LogP) is 4.31. The van der Waals surface area contributed by atoms with Crippen molar-refractivity contribution < 1.29 is 4.74 Å². The minimum atomic E-state index is 0.750. The molecule has 156 valence electrons. The van der Waals surface area contributed by atoms with Crippen LogP contribution in [0.3, 0.4) is 0 Å². The van der Waals surface area contributed by atoms with Crippen LogP contribution < -0.4 is 9.80 Å². The third kappa shape index (κ3) is 5.68. The maximum absolute atomic E-state index is 7.32. The molecule has 0 saturated carbocycles. The summed E-state index contributed by atoms with van der Waals surface area (Å²) in [6.45, 7) is 13.0. The fourth-order valence-corrected chi connectivity index (χ4v) is 3.53. The molecule has 0 radical (unpaired) electrons. The van der Waals surface area contributed by atoms with E-state index in [1.807, 2.05) is 13.8 Å². The third-order valence-corrected chi connectivity index (χ3v) is 4.74. The van der Waals surface area contributed by atoms with E-state index < -0.39 is 0 Å². The molecule has 0 spiro atoms. The van der Waals surface area contributed by atoms with Gasteiger partial charge in [-0.15, -0.1) is 0 Å². The quantitative estimate of drug-likeness (QED) is 0.769. The Morgan fingerprint density at radius 1 is 1.07 bits per heavy atom. The van der Waals surface area contributed by atoms with E-state index in [1.165, 1.54) is 18.1 Å². The van der Waals surface area contributed by atoms with Crippen LogP contribution >= 0.6 is 0 Å². The summed E-state index contributed by atoms with van der Waals surface area (Å²) in [5, 5.41) is 7.32. The molecular formula is C23H33N5O. The molecule has 2 aliphatic heterocycles. The van der Waals surface area contributed by atoms with Crippen LogP contribution in [0.5, 0.6) is 0 Å². The van der Waals surface area contributed by atoms with E-state index in [1.54, 1.807) is 6.07 Å². The second-order valence-corrected chi connectivity index (χ2v) is 6.60. The van der Waals surface area contributed by atoms with Crippen molar-refractivity contribution >= 4 is 11.8 Å². The van der Waals surface area contributed by atoms with Crippen LogP contribution in [0.1, 0.15) is 39.7 Å². The summed E-state index contributed by atoms with van der Waals surface area (Å²) in [4.78, 5) is 14.6. The topological polar surface area (TPSA) is 65.3 Å². The molecule has 6 heteroatoms. The van der Waals surface area contributed by atoms with Crippen LogP contribution in [-0.2, 0) is 11.2 Å². The maximum atomic E-state index is 7.32. The largest absolute Gasteiger partial charge is 0.378 e. The standard InChI is InChI=1S/C19H24N4O.C2H3N.C2H6/c1-2-9-22-10-8-16-17(15-6-4-3-5-7-15)20-19(21-18(16)22)23-11-13-24-14-12-23;1-2-3;1-2/h3-7H,2,8-14H2,1H3;1H3;1-2H3. The lowest BCUT2D eigenvalue weighted by molar-refractivity contribution is 0.122. The molecular weight excluding hydrogens is 362 g/mol. The Morgan fingerprint density at radius 2 is 1.72 bits per heavy atom. The predicted molar refractivity (Wildman–Crippen MR) is 119 cm³/mol. The van der Waals surface area contributed by atoms with Gasteiger partial charge in [0.1, 0.15) is 5.82 Å². The monoisotopic (exact) mass is 395 g/mol. The smallest absolute Gasteiger partial charge is 0.228 e. The summed E-state index contributed by atoms with van der Waals surface area (Å²) < 4.78 is 5.48. The Hall–Kier alpha value is -2.65. The van der Waals surface area contributed by atoms with E-state index >= 15 is 0 Å². The first kappa shape index (κ1) is 22.6. The average Bonchev–Trinajstić information content (AvgIpc) is 3.19. The van der Waals surface area contributed by atoms with Gasteiger partial charge < -0.3 is 14.5 Å². The highest BCUT2D eigenvalue weighted by Crippen LogP contribution is 2.35. The molecule has 0 atom stereocenters. The Bertz CT molecular complexity index is 782. The molecule has 29 heavy (non-hydrogen) atoms. The van der Waals surface area contributed by atoms with Gasteiger partial charge in [-0.25, -0.2) is 4.98 Å². The first-order chi connectivity index (χ1) is 14.3. The molecule has 2 aliphatic rings. The summed E-state index contributed by atoms with van der Waals surface area (Å²) in [5.41, 5.74) is 3.58. The van der Waals surface area contributed by atoms with Gasteiger partial charge in [-0.1, -0.05) is 51.1 Å². The van der Waals surface area contributed by atoms with Crippen molar-refractivity contribution in [2.24, 2.45) is 0 Å². The van der Waals surface area contributed by atoms with E-state index in [-0.39, 0.29) is 0 Å².